The minimum atomic E-state index is -1.50. The second kappa shape index (κ2) is 7.96. The summed E-state index contributed by atoms with van der Waals surface area (Å²) in [7, 11) is 0. The summed E-state index contributed by atoms with van der Waals surface area (Å²) in [5.74, 6) is -3.63. The van der Waals surface area contributed by atoms with Crippen molar-refractivity contribution in [3.05, 3.63) is 41.7 Å². The lowest BCUT2D eigenvalue weighted by Crippen LogP contribution is -2.14. The smallest absolute Gasteiger partial charge is 0.376 e. The number of carboxylic acid groups (broad SMARTS) is 2. The monoisotopic (exact) mass is 280 g/mol. The van der Waals surface area contributed by atoms with Crippen LogP contribution in [0.1, 0.15) is 25.3 Å². The fourth-order valence-corrected chi connectivity index (χ4v) is 1.44. The van der Waals surface area contributed by atoms with E-state index in [9.17, 15) is 14.7 Å². The van der Waals surface area contributed by atoms with Crippen molar-refractivity contribution in [1.82, 2.24) is 0 Å². The molecular weight excluding hydrogens is 264 g/mol. The van der Waals surface area contributed by atoms with E-state index >= 15 is 0 Å². The average Bonchev–Trinajstić information content (AvgIpc) is 2.42. The zero-order valence-electron chi connectivity index (χ0n) is 11.0. The van der Waals surface area contributed by atoms with Crippen LogP contribution in [-0.4, -0.2) is 28.8 Å². The Balaban J connectivity index is 3.07. The molecule has 0 unspecified atom stereocenters. The highest BCUT2D eigenvalue weighted by molar-refractivity contribution is 6.20. The number of rotatable bonds is 8. The van der Waals surface area contributed by atoms with Crippen LogP contribution in [0.2, 0.25) is 0 Å². The summed E-state index contributed by atoms with van der Waals surface area (Å²) >= 11 is 0. The molecule has 6 heteroatoms. The predicted octanol–water partition coefficient (Wildman–Crippen LogP) is 2.32. The van der Waals surface area contributed by atoms with Gasteiger partial charge in [-0.25, -0.2) is 9.59 Å². The summed E-state index contributed by atoms with van der Waals surface area (Å²) in [4.78, 5) is 31.9. The first-order chi connectivity index (χ1) is 9.57. The van der Waals surface area contributed by atoms with Crippen LogP contribution in [0.3, 0.4) is 0 Å². The average molecular weight is 280 g/mol. The summed E-state index contributed by atoms with van der Waals surface area (Å²) in [5, 5.41) is 18.3. The first-order valence-electron chi connectivity index (χ1n) is 6.13. The van der Waals surface area contributed by atoms with E-state index in [4.69, 9.17) is 9.99 Å². The van der Waals surface area contributed by atoms with Crippen molar-refractivity contribution in [2.24, 2.45) is 0 Å². The predicted molar refractivity (Wildman–Crippen MR) is 70.6 cm³/mol. The molecule has 20 heavy (non-hydrogen) atoms. The summed E-state index contributed by atoms with van der Waals surface area (Å²) in [5.41, 5.74) is -0.217. The topological polar surface area (TPSA) is 93.1 Å². The van der Waals surface area contributed by atoms with E-state index in [1.54, 1.807) is 18.2 Å². The number of hydrogen-bond acceptors (Lipinski definition) is 4. The largest absolute Gasteiger partial charge is 0.478 e. The van der Waals surface area contributed by atoms with Gasteiger partial charge in [-0.05, 0) is 12.0 Å². The fraction of sp³-hybridized carbons (Fsp3) is 0.286. The number of aliphatic carboxylic acids is 2. The van der Waals surface area contributed by atoms with Gasteiger partial charge in [-0.15, -0.1) is 0 Å². The van der Waals surface area contributed by atoms with Crippen molar-refractivity contribution in [2.45, 2.75) is 19.8 Å². The van der Waals surface area contributed by atoms with E-state index in [1.807, 2.05) is 6.92 Å². The molecule has 1 rings (SSSR count). The number of benzene rings is 1. The summed E-state index contributed by atoms with van der Waals surface area (Å²) in [6, 6.07) is 7.89. The van der Waals surface area contributed by atoms with Crippen LogP contribution in [0, 0.1) is 0 Å². The molecule has 0 aliphatic carbocycles. The lowest BCUT2D eigenvalue weighted by atomic mass is 10.0. The number of unbranched alkanes of at least 4 members (excludes halogenated alkanes) is 1. The zero-order chi connectivity index (χ0) is 15.0. The summed E-state index contributed by atoms with van der Waals surface area (Å²) < 4.78 is 0. The molecule has 0 aromatic heterocycles. The Morgan fingerprint density at radius 1 is 1.10 bits per heavy atom. The van der Waals surface area contributed by atoms with Gasteiger partial charge in [0.1, 0.15) is 5.57 Å². The van der Waals surface area contributed by atoms with Crippen LogP contribution in [0.4, 0.5) is 0 Å². The van der Waals surface area contributed by atoms with Gasteiger partial charge >= 0.3 is 11.9 Å². The minimum absolute atomic E-state index is 0.189. The summed E-state index contributed by atoms with van der Waals surface area (Å²) in [6.07, 6.45) is 1.53. The molecule has 1 aromatic rings. The highest BCUT2D eigenvalue weighted by atomic mass is 17.2. The van der Waals surface area contributed by atoms with Crippen LogP contribution in [-0.2, 0) is 19.4 Å². The second-order valence-electron chi connectivity index (χ2n) is 3.94. The second-order valence-corrected chi connectivity index (χ2v) is 3.94. The van der Waals surface area contributed by atoms with Gasteiger partial charge in [0.15, 0.2) is 0 Å². The lowest BCUT2D eigenvalue weighted by Gasteiger charge is -2.09. The molecule has 0 saturated carbocycles. The molecule has 1 aromatic carbocycles. The molecule has 108 valence electrons. The van der Waals surface area contributed by atoms with Gasteiger partial charge in [0.2, 0.25) is 0 Å². The van der Waals surface area contributed by atoms with E-state index in [1.165, 1.54) is 12.1 Å². The molecule has 0 amide bonds. The third-order valence-corrected chi connectivity index (χ3v) is 2.42. The first-order valence-corrected chi connectivity index (χ1v) is 6.13. The first kappa shape index (κ1) is 15.7. The molecule has 0 bridgehead atoms. The van der Waals surface area contributed by atoms with E-state index in [-0.39, 0.29) is 12.2 Å². The number of hydrogen-bond donors (Lipinski definition) is 2. The van der Waals surface area contributed by atoms with E-state index in [2.05, 4.69) is 4.89 Å². The van der Waals surface area contributed by atoms with Gasteiger partial charge in [-0.2, -0.15) is 4.89 Å². The van der Waals surface area contributed by atoms with Gasteiger partial charge in [0.05, 0.1) is 6.61 Å². The van der Waals surface area contributed by atoms with Gasteiger partial charge in [-0.3, -0.25) is 0 Å². The maximum atomic E-state index is 11.3. The Labute approximate surface area is 116 Å². The van der Waals surface area contributed by atoms with E-state index < -0.39 is 23.3 Å². The Morgan fingerprint density at radius 2 is 1.75 bits per heavy atom. The standard InChI is InChI=1S/C14H16O6/c1-2-3-9-19-20-12(14(17)18)11(13(15)16)10-7-5-4-6-8-10/h4-8H,2-3,9H2,1H3,(H,15,16)(H,17,18). The zero-order valence-corrected chi connectivity index (χ0v) is 11.0. The van der Waals surface area contributed by atoms with Crippen LogP contribution in [0.25, 0.3) is 5.57 Å². The van der Waals surface area contributed by atoms with E-state index in [0.717, 1.165) is 6.42 Å². The van der Waals surface area contributed by atoms with Crippen molar-refractivity contribution in [2.75, 3.05) is 6.61 Å². The molecule has 2 N–H and O–H groups in total. The normalized spacial score (nSPS) is 11.7. The maximum Gasteiger partial charge on any atom is 0.376 e. The minimum Gasteiger partial charge on any atom is -0.478 e. The van der Waals surface area contributed by atoms with Crippen molar-refractivity contribution in [3.8, 4) is 0 Å². The van der Waals surface area contributed by atoms with Crippen molar-refractivity contribution >= 4 is 17.5 Å². The summed E-state index contributed by atoms with van der Waals surface area (Å²) in [6.45, 7) is 2.12. The van der Waals surface area contributed by atoms with Crippen molar-refractivity contribution in [3.63, 3.8) is 0 Å². The Kier molecular flexibility index (Phi) is 6.25. The van der Waals surface area contributed by atoms with Crippen molar-refractivity contribution < 1.29 is 29.6 Å². The van der Waals surface area contributed by atoms with Gasteiger partial charge in [0.25, 0.3) is 5.76 Å². The molecule has 6 nitrogen and oxygen atoms in total. The fourth-order valence-electron chi connectivity index (χ4n) is 1.44. The van der Waals surface area contributed by atoms with Crippen LogP contribution in [0.5, 0.6) is 0 Å². The van der Waals surface area contributed by atoms with Crippen LogP contribution >= 0.6 is 0 Å². The Morgan fingerprint density at radius 3 is 2.25 bits per heavy atom. The van der Waals surface area contributed by atoms with Gasteiger partial charge in [0, 0.05) is 0 Å². The van der Waals surface area contributed by atoms with Crippen molar-refractivity contribution in [1.29, 1.82) is 0 Å². The lowest BCUT2D eigenvalue weighted by molar-refractivity contribution is -0.263. The van der Waals surface area contributed by atoms with Gasteiger partial charge in [-0.1, -0.05) is 43.7 Å². The molecule has 0 spiro atoms. The highest BCUT2D eigenvalue weighted by Crippen LogP contribution is 2.20. The molecule has 0 fully saturated rings. The third-order valence-electron chi connectivity index (χ3n) is 2.42. The molecule has 0 heterocycles. The molecule has 0 atom stereocenters. The molecule has 0 saturated heterocycles. The maximum absolute atomic E-state index is 11.3. The quantitative estimate of drug-likeness (QED) is 0.249. The van der Waals surface area contributed by atoms with E-state index in [0.29, 0.717) is 6.42 Å². The Hall–Kier alpha value is -2.34. The molecular formula is C14H16O6. The molecule has 0 radical (unpaired) electrons. The third kappa shape index (κ3) is 4.40. The Bertz CT molecular complexity index is 492. The number of carbonyl (C=O) groups is 2. The number of carboxylic acids is 2. The SMILES string of the molecule is CCCCOOC(C(=O)O)=C(C(=O)O)c1ccccc1. The molecule has 0 aliphatic rings. The van der Waals surface area contributed by atoms with Gasteiger partial charge < -0.3 is 15.1 Å². The molecule has 0 aliphatic heterocycles. The van der Waals surface area contributed by atoms with Crippen LogP contribution in [0.15, 0.2) is 36.1 Å². The highest BCUT2D eigenvalue weighted by Gasteiger charge is 2.25. The van der Waals surface area contributed by atoms with Crippen LogP contribution < -0.4 is 0 Å².